The van der Waals surface area contributed by atoms with Gasteiger partial charge < -0.3 is 15.3 Å². The first-order valence-corrected chi connectivity index (χ1v) is 11.8. The van der Waals surface area contributed by atoms with Gasteiger partial charge in [0.05, 0.1) is 34.9 Å². The number of ketones is 1. The van der Waals surface area contributed by atoms with Crippen LogP contribution in [0.15, 0.2) is 79.3 Å². The summed E-state index contributed by atoms with van der Waals surface area (Å²) >= 11 is 0. The number of nitrogens with one attached hydrogen (secondary N) is 1. The molecule has 1 fully saturated rings. The van der Waals surface area contributed by atoms with Gasteiger partial charge in [-0.15, -0.1) is 0 Å². The van der Waals surface area contributed by atoms with Gasteiger partial charge in [0, 0.05) is 42.8 Å². The first-order chi connectivity index (χ1) is 18.4. The molecule has 1 amide bonds. The molecule has 2 atom stereocenters. The Kier molecular flexibility index (Phi) is 6.84. The fourth-order valence-electron chi connectivity index (χ4n) is 4.33. The first kappa shape index (κ1) is 24.7. The molecule has 2 aromatic carbocycles. The molecular weight excluding hydrogens is 487 g/mol. The highest BCUT2D eigenvalue weighted by atomic mass is 19.1. The molecule has 0 saturated carbocycles. The van der Waals surface area contributed by atoms with Crippen LogP contribution in [0.1, 0.15) is 31.8 Å². The summed E-state index contributed by atoms with van der Waals surface area (Å²) in [6, 6.07) is 17.0. The summed E-state index contributed by atoms with van der Waals surface area (Å²) in [6.45, 7) is 0.337. The molecule has 0 radical (unpaired) electrons. The molecule has 0 unspecified atom stereocenters. The molecule has 188 valence electrons. The summed E-state index contributed by atoms with van der Waals surface area (Å²) in [5.41, 5.74) is 1.46. The summed E-state index contributed by atoms with van der Waals surface area (Å²) in [5.74, 6) is -0.633. The van der Waals surface area contributed by atoms with E-state index >= 15 is 0 Å². The topological polar surface area (TPSA) is 132 Å². The number of nitriles is 1. The quantitative estimate of drug-likeness (QED) is 0.380. The van der Waals surface area contributed by atoms with Crippen LogP contribution >= 0.6 is 0 Å². The number of hydrogen-bond donors (Lipinski definition) is 2. The Balaban J connectivity index is 1.31. The predicted octanol–water partition coefficient (Wildman–Crippen LogP) is 2.76. The molecule has 0 bridgehead atoms. The lowest BCUT2D eigenvalue weighted by Crippen LogP contribution is -2.43. The van der Waals surface area contributed by atoms with E-state index in [1.165, 1.54) is 30.7 Å². The number of amides is 1. The zero-order chi connectivity index (χ0) is 26.6. The number of aliphatic hydroxyl groups excluding tert-OH is 1. The zero-order valence-electron chi connectivity index (χ0n) is 20.0. The Hall–Kier alpha value is -5.01. The van der Waals surface area contributed by atoms with E-state index in [4.69, 9.17) is 0 Å². The number of aromatic nitrogens is 3. The third-order valence-electron chi connectivity index (χ3n) is 6.23. The summed E-state index contributed by atoms with van der Waals surface area (Å²) in [5, 5.41) is 22.9. The third kappa shape index (κ3) is 4.96. The normalized spacial score (nSPS) is 16.6. The van der Waals surface area contributed by atoms with Crippen molar-refractivity contribution in [3.05, 3.63) is 107 Å². The van der Waals surface area contributed by atoms with Crippen LogP contribution < -0.4 is 10.2 Å². The van der Waals surface area contributed by atoms with Crippen LogP contribution in [-0.2, 0) is 0 Å². The molecule has 3 heterocycles. The molecule has 38 heavy (non-hydrogen) atoms. The van der Waals surface area contributed by atoms with E-state index in [0.29, 0.717) is 11.4 Å². The number of anilines is 1. The maximum Gasteiger partial charge on any atom is 0.254 e. The van der Waals surface area contributed by atoms with Crippen LogP contribution in [0.25, 0.3) is 11.4 Å². The third-order valence-corrected chi connectivity index (χ3v) is 6.23. The van der Waals surface area contributed by atoms with Gasteiger partial charge in [-0.2, -0.15) is 5.26 Å². The lowest BCUT2D eigenvalue weighted by atomic mass is 9.99. The largest absolute Gasteiger partial charge is 0.389 e. The van der Waals surface area contributed by atoms with Gasteiger partial charge in [-0.3, -0.25) is 9.59 Å². The Morgan fingerprint density at radius 2 is 1.76 bits per heavy atom. The SMILES string of the molecule is N#Cc1ccccc1C(=O)c1cccnc1N1C[C@@H](O)[C@@H](NC(=O)c2cnc(-c3cccc(F)c3)nc2)C1. The van der Waals surface area contributed by atoms with Gasteiger partial charge in [0.25, 0.3) is 5.91 Å². The van der Waals surface area contributed by atoms with E-state index < -0.39 is 23.9 Å². The van der Waals surface area contributed by atoms with Gasteiger partial charge in [0.1, 0.15) is 11.6 Å². The molecule has 2 aromatic heterocycles. The van der Waals surface area contributed by atoms with Crippen molar-refractivity contribution in [1.29, 1.82) is 5.26 Å². The van der Waals surface area contributed by atoms with Gasteiger partial charge in [-0.05, 0) is 36.4 Å². The minimum absolute atomic E-state index is 0.136. The Labute approximate surface area is 217 Å². The fourth-order valence-corrected chi connectivity index (χ4v) is 4.33. The molecule has 2 N–H and O–H groups in total. The van der Waals surface area contributed by atoms with Crippen LogP contribution in [0, 0.1) is 17.1 Å². The van der Waals surface area contributed by atoms with Gasteiger partial charge in [0.2, 0.25) is 0 Å². The standard InChI is InChI=1S/C28H21FN6O3/c29-20-7-3-6-17(11-20)26-32-13-19(14-33-26)28(38)34-23-15-35(16-24(23)36)27-22(9-4-10-31-27)25(37)21-8-2-1-5-18(21)12-30/h1-11,13-14,23-24,36H,15-16H2,(H,34,38)/t23-,24+/m0/s1. The van der Waals surface area contributed by atoms with E-state index in [1.807, 2.05) is 6.07 Å². The number of pyridine rings is 1. The van der Waals surface area contributed by atoms with Crippen molar-refractivity contribution in [2.45, 2.75) is 12.1 Å². The molecule has 9 nitrogen and oxygen atoms in total. The Morgan fingerprint density at radius 1 is 1.00 bits per heavy atom. The van der Waals surface area contributed by atoms with Crippen molar-refractivity contribution in [2.24, 2.45) is 0 Å². The number of carbonyl (C=O) groups is 2. The molecule has 0 aliphatic carbocycles. The lowest BCUT2D eigenvalue weighted by Gasteiger charge is -2.20. The molecule has 1 saturated heterocycles. The Bertz CT molecular complexity index is 1550. The van der Waals surface area contributed by atoms with Crippen molar-refractivity contribution in [2.75, 3.05) is 18.0 Å². The van der Waals surface area contributed by atoms with Crippen molar-refractivity contribution < 1.29 is 19.1 Å². The number of aliphatic hydroxyl groups is 1. The second kappa shape index (κ2) is 10.5. The number of carbonyl (C=O) groups excluding carboxylic acids is 2. The zero-order valence-corrected chi connectivity index (χ0v) is 20.0. The fraction of sp³-hybridized carbons (Fsp3) is 0.143. The second-order valence-corrected chi connectivity index (χ2v) is 8.72. The molecule has 0 spiro atoms. The minimum atomic E-state index is -0.928. The highest BCUT2D eigenvalue weighted by molar-refractivity contribution is 6.13. The molecule has 1 aliphatic rings. The minimum Gasteiger partial charge on any atom is -0.389 e. The Morgan fingerprint density at radius 3 is 2.53 bits per heavy atom. The van der Waals surface area contributed by atoms with Crippen LogP contribution in [0.3, 0.4) is 0 Å². The molecule has 5 rings (SSSR count). The summed E-state index contributed by atoms with van der Waals surface area (Å²) in [6.07, 6.45) is 3.29. The van der Waals surface area contributed by atoms with Crippen molar-refractivity contribution in [3.63, 3.8) is 0 Å². The van der Waals surface area contributed by atoms with Gasteiger partial charge in [-0.1, -0.05) is 24.3 Å². The average Bonchev–Trinajstić information content (AvgIpc) is 3.32. The van der Waals surface area contributed by atoms with Gasteiger partial charge >= 0.3 is 0 Å². The highest BCUT2D eigenvalue weighted by Crippen LogP contribution is 2.26. The number of benzene rings is 2. The van der Waals surface area contributed by atoms with Crippen LogP contribution in [0.2, 0.25) is 0 Å². The molecule has 1 aliphatic heterocycles. The summed E-state index contributed by atoms with van der Waals surface area (Å²) < 4.78 is 13.5. The van der Waals surface area contributed by atoms with Crippen molar-refractivity contribution >= 4 is 17.5 Å². The molecule has 10 heteroatoms. The van der Waals surface area contributed by atoms with Crippen LogP contribution in [0.5, 0.6) is 0 Å². The monoisotopic (exact) mass is 508 g/mol. The van der Waals surface area contributed by atoms with E-state index in [2.05, 4.69) is 20.3 Å². The number of hydrogen-bond acceptors (Lipinski definition) is 8. The lowest BCUT2D eigenvalue weighted by molar-refractivity contribution is 0.0887. The predicted molar refractivity (Wildman–Crippen MR) is 136 cm³/mol. The maximum atomic E-state index is 13.5. The van der Waals surface area contributed by atoms with Crippen molar-refractivity contribution in [1.82, 2.24) is 20.3 Å². The number of β-amino-alcohol motifs (C(OH)–C–C–N with tert-alkyl or cyclic N) is 1. The number of rotatable bonds is 6. The van der Waals surface area contributed by atoms with Gasteiger partial charge in [-0.25, -0.2) is 19.3 Å². The van der Waals surface area contributed by atoms with Crippen LogP contribution in [-0.4, -0.2) is 57.0 Å². The van der Waals surface area contributed by atoms with Crippen molar-refractivity contribution in [3.8, 4) is 17.5 Å². The maximum absolute atomic E-state index is 13.5. The van der Waals surface area contributed by atoms with E-state index in [1.54, 1.807) is 53.4 Å². The first-order valence-electron chi connectivity index (χ1n) is 11.8. The second-order valence-electron chi connectivity index (χ2n) is 8.72. The van der Waals surface area contributed by atoms with Crippen LogP contribution in [0.4, 0.5) is 10.2 Å². The number of halogens is 1. The average molecular weight is 509 g/mol. The summed E-state index contributed by atoms with van der Waals surface area (Å²) in [7, 11) is 0. The van der Waals surface area contributed by atoms with E-state index in [-0.39, 0.29) is 47.0 Å². The highest BCUT2D eigenvalue weighted by Gasteiger charge is 2.35. The van der Waals surface area contributed by atoms with Gasteiger partial charge in [0.15, 0.2) is 11.6 Å². The smallest absolute Gasteiger partial charge is 0.254 e. The van der Waals surface area contributed by atoms with E-state index in [0.717, 1.165) is 0 Å². The number of nitrogens with zero attached hydrogens (tertiary/aromatic N) is 5. The summed E-state index contributed by atoms with van der Waals surface area (Å²) in [4.78, 5) is 40.5. The molecular formula is C28H21FN6O3. The molecule has 4 aromatic rings. The van der Waals surface area contributed by atoms with E-state index in [9.17, 15) is 24.3 Å².